The molecule has 1 aromatic rings. The number of halogens is 3. The van der Waals surface area contributed by atoms with Crippen LogP contribution in [0.5, 0.6) is 0 Å². The first-order valence-electron chi connectivity index (χ1n) is 7.00. The molecule has 0 saturated carbocycles. The fourth-order valence-electron chi connectivity index (χ4n) is 2.32. The van der Waals surface area contributed by atoms with E-state index in [0.29, 0.717) is 30.6 Å². The third-order valence-electron chi connectivity index (χ3n) is 3.63. The van der Waals surface area contributed by atoms with Crippen LogP contribution in [-0.4, -0.2) is 57.6 Å². The minimum Gasteiger partial charge on any atom is -0.469 e. The van der Waals surface area contributed by atoms with Crippen molar-refractivity contribution in [3.63, 3.8) is 0 Å². The van der Waals surface area contributed by atoms with Crippen molar-refractivity contribution >= 4 is 23.6 Å². The molecule has 12 heteroatoms. The maximum absolute atomic E-state index is 12.6. The predicted molar refractivity (Wildman–Crippen MR) is 77.2 cm³/mol. The minimum absolute atomic E-state index is 0.115. The maximum atomic E-state index is 12.6. The SMILES string of the molecule is COC(=O)C1CCN(C(=O)CSc2nnc(C(F)(F)F)n2N)CC1. The molecule has 0 unspecified atom stereocenters. The van der Waals surface area contributed by atoms with Crippen LogP contribution in [0.1, 0.15) is 18.7 Å². The van der Waals surface area contributed by atoms with E-state index in [9.17, 15) is 22.8 Å². The molecule has 0 spiro atoms. The number of nitrogens with two attached hydrogens (primary N) is 1. The van der Waals surface area contributed by atoms with Crippen molar-refractivity contribution in [2.24, 2.45) is 5.92 Å². The summed E-state index contributed by atoms with van der Waals surface area (Å²) in [7, 11) is 1.31. The van der Waals surface area contributed by atoms with Gasteiger partial charge in [0.2, 0.25) is 11.1 Å². The molecule has 1 aliphatic heterocycles. The van der Waals surface area contributed by atoms with E-state index in [1.165, 1.54) is 7.11 Å². The Kier molecular flexibility index (Phi) is 5.57. The number of ether oxygens (including phenoxy) is 1. The zero-order chi connectivity index (χ0) is 17.9. The summed E-state index contributed by atoms with van der Waals surface area (Å²) in [5.74, 6) is 3.07. The predicted octanol–water partition coefficient (Wildman–Crippen LogP) is 0.514. The van der Waals surface area contributed by atoms with E-state index in [0.717, 1.165) is 11.8 Å². The lowest BCUT2D eigenvalue weighted by molar-refractivity contribution is -0.148. The number of methoxy groups -OCH3 is 1. The third kappa shape index (κ3) is 4.10. The van der Waals surface area contributed by atoms with Crippen LogP contribution in [0.4, 0.5) is 13.2 Å². The molecule has 1 aliphatic rings. The fourth-order valence-corrected chi connectivity index (χ4v) is 3.08. The van der Waals surface area contributed by atoms with Crippen LogP contribution in [0.3, 0.4) is 0 Å². The Morgan fingerprint density at radius 3 is 2.46 bits per heavy atom. The maximum Gasteiger partial charge on any atom is 0.453 e. The molecular weight excluding hydrogens is 351 g/mol. The number of esters is 1. The number of alkyl halides is 3. The summed E-state index contributed by atoms with van der Waals surface area (Å²) in [6, 6.07) is 0. The molecule has 24 heavy (non-hydrogen) atoms. The van der Waals surface area contributed by atoms with Gasteiger partial charge in [-0.3, -0.25) is 9.59 Å². The van der Waals surface area contributed by atoms with Gasteiger partial charge in [-0.1, -0.05) is 11.8 Å². The van der Waals surface area contributed by atoms with E-state index in [1.807, 2.05) is 0 Å². The number of aromatic nitrogens is 3. The van der Waals surface area contributed by atoms with Gasteiger partial charge in [0, 0.05) is 13.1 Å². The molecule has 1 aromatic heterocycles. The van der Waals surface area contributed by atoms with Gasteiger partial charge in [-0.15, -0.1) is 10.2 Å². The summed E-state index contributed by atoms with van der Waals surface area (Å²) < 4.78 is 42.7. The van der Waals surface area contributed by atoms with Gasteiger partial charge in [0.05, 0.1) is 18.8 Å². The lowest BCUT2D eigenvalue weighted by atomic mass is 9.97. The van der Waals surface area contributed by atoms with Crippen molar-refractivity contribution in [3.05, 3.63) is 5.82 Å². The molecule has 0 radical (unpaired) electrons. The molecule has 2 rings (SSSR count). The number of thioether (sulfide) groups is 1. The molecule has 0 bridgehead atoms. The van der Waals surface area contributed by atoms with Gasteiger partial charge in [-0.05, 0) is 12.8 Å². The Bertz CT molecular complexity index is 614. The minimum atomic E-state index is -4.71. The number of nitrogen functional groups attached to an aromatic ring is 1. The van der Waals surface area contributed by atoms with Gasteiger partial charge < -0.3 is 15.5 Å². The molecule has 0 aliphatic carbocycles. The number of amides is 1. The van der Waals surface area contributed by atoms with Gasteiger partial charge >= 0.3 is 12.1 Å². The van der Waals surface area contributed by atoms with Crippen molar-refractivity contribution < 1.29 is 27.5 Å². The Morgan fingerprint density at radius 1 is 1.33 bits per heavy atom. The Morgan fingerprint density at radius 2 is 1.96 bits per heavy atom. The van der Waals surface area contributed by atoms with Gasteiger partial charge in [-0.25, -0.2) is 4.68 Å². The number of carbonyl (C=O) groups is 2. The summed E-state index contributed by atoms with van der Waals surface area (Å²) in [4.78, 5) is 25.1. The van der Waals surface area contributed by atoms with Crippen molar-refractivity contribution in [2.75, 3.05) is 31.8 Å². The molecule has 134 valence electrons. The molecule has 1 amide bonds. The standard InChI is InChI=1S/C12H16F3N5O3S/c1-23-9(22)7-2-4-19(5-3-7)8(21)6-24-11-18-17-10(20(11)16)12(13,14)15/h7H,2-6,16H2,1H3. The molecule has 0 atom stereocenters. The Hall–Kier alpha value is -1.98. The highest BCUT2D eigenvalue weighted by Crippen LogP contribution is 2.29. The number of hydrogen-bond acceptors (Lipinski definition) is 7. The molecule has 2 heterocycles. The van der Waals surface area contributed by atoms with E-state index >= 15 is 0 Å². The smallest absolute Gasteiger partial charge is 0.453 e. The monoisotopic (exact) mass is 367 g/mol. The highest BCUT2D eigenvalue weighted by molar-refractivity contribution is 7.99. The summed E-state index contributed by atoms with van der Waals surface area (Å²) in [5, 5.41) is 6.13. The third-order valence-corrected chi connectivity index (χ3v) is 4.55. The van der Waals surface area contributed by atoms with Crippen LogP contribution >= 0.6 is 11.8 Å². The Labute approximate surface area is 139 Å². The van der Waals surface area contributed by atoms with Crippen LogP contribution in [0, 0.1) is 5.92 Å². The van der Waals surface area contributed by atoms with E-state index in [-0.39, 0.29) is 28.7 Å². The summed E-state index contributed by atoms with van der Waals surface area (Å²) in [6.45, 7) is 0.782. The van der Waals surface area contributed by atoms with Crippen molar-refractivity contribution in [1.29, 1.82) is 0 Å². The van der Waals surface area contributed by atoms with Crippen LogP contribution in [-0.2, 0) is 20.5 Å². The quantitative estimate of drug-likeness (QED) is 0.470. The van der Waals surface area contributed by atoms with E-state index in [1.54, 1.807) is 4.90 Å². The van der Waals surface area contributed by atoms with Crippen LogP contribution < -0.4 is 5.84 Å². The average Bonchev–Trinajstić information content (AvgIpc) is 2.93. The second kappa shape index (κ2) is 7.28. The number of nitrogens with zero attached hydrogens (tertiary/aromatic N) is 4. The number of piperidine rings is 1. The van der Waals surface area contributed by atoms with Crippen LogP contribution in [0.25, 0.3) is 0 Å². The Balaban J connectivity index is 1.86. The molecule has 2 N–H and O–H groups in total. The summed E-state index contributed by atoms with van der Waals surface area (Å²) >= 11 is 0.779. The molecule has 0 aromatic carbocycles. The van der Waals surface area contributed by atoms with Gasteiger partial charge in [0.1, 0.15) is 0 Å². The van der Waals surface area contributed by atoms with Crippen molar-refractivity contribution in [2.45, 2.75) is 24.2 Å². The largest absolute Gasteiger partial charge is 0.469 e. The molecule has 1 saturated heterocycles. The lowest BCUT2D eigenvalue weighted by Crippen LogP contribution is -2.41. The van der Waals surface area contributed by atoms with E-state index < -0.39 is 12.0 Å². The molecule has 8 nitrogen and oxygen atoms in total. The first kappa shape index (κ1) is 18.4. The zero-order valence-corrected chi connectivity index (χ0v) is 13.6. The molecular formula is C12H16F3N5O3S. The highest BCUT2D eigenvalue weighted by atomic mass is 32.2. The summed E-state index contributed by atoms with van der Waals surface area (Å²) in [5.41, 5.74) is 0. The normalized spacial score (nSPS) is 16.2. The second-order valence-corrected chi connectivity index (χ2v) is 6.08. The fraction of sp³-hybridized carbons (Fsp3) is 0.667. The highest BCUT2D eigenvalue weighted by Gasteiger charge is 2.38. The van der Waals surface area contributed by atoms with Gasteiger partial charge in [-0.2, -0.15) is 13.2 Å². The van der Waals surface area contributed by atoms with Gasteiger partial charge in [0.15, 0.2) is 0 Å². The first-order chi connectivity index (χ1) is 11.2. The number of rotatable bonds is 4. The average molecular weight is 367 g/mol. The van der Waals surface area contributed by atoms with Crippen molar-refractivity contribution in [1.82, 2.24) is 19.8 Å². The lowest BCUT2D eigenvalue weighted by Gasteiger charge is -2.30. The number of carbonyl (C=O) groups excluding carboxylic acids is 2. The van der Waals surface area contributed by atoms with Crippen LogP contribution in [0.15, 0.2) is 5.16 Å². The zero-order valence-electron chi connectivity index (χ0n) is 12.7. The van der Waals surface area contributed by atoms with Crippen LogP contribution in [0.2, 0.25) is 0 Å². The number of hydrogen-bond donors (Lipinski definition) is 1. The molecule has 1 fully saturated rings. The topological polar surface area (TPSA) is 103 Å². The van der Waals surface area contributed by atoms with Gasteiger partial charge in [0.25, 0.3) is 5.82 Å². The van der Waals surface area contributed by atoms with E-state index in [4.69, 9.17) is 5.84 Å². The number of likely N-dealkylation sites (tertiary alicyclic amines) is 1. The second-order valence-electron chi connectivity index (χ2n) is 5.14. The van der Waals surface area contributed by atoms with Crippen molar-refractivity contribution in [3.8, 4) is 0 Å². The summed E-state index contributed by atoms with van der Waals surface area (Å²) in [6.07, 6.45) is -3.72. The van der Waals surface area contributed by atoms with E-state index in [2.05, 4.69) is 14.9 Å². The first-order valence-corrected chi connectivity index (χ1v) is 7.98.